The van der Waals surface area contributed by atoms with Crippen molar-refractivity contribution in [1.82, 2.24) is 0 Å². The second-order valence-corrected chi connectivity index (χ2v) is 5.05. The molecule has 0 radical (unpaired) electrons. The maximum Gasteiger partial charge on any atom is 0.166 e. The van der Waals surface area contributed by atoms with Gasteiger partial charge in [0.1, 0.15) is 11.9 Å². The van der Waals surface area contributed by atoms with E-state index in [1.165, 1.54) is 12.1 Å². The van der Waals surface area contributed by atoms with Gasteiger partial charge < -0.3 is 10.1 Å². The molecule has 3 nitrogen and oxygen atoms in total. The minimum absolute atomic E-state index is 0.0488. The standard InChI is InChI=1S/C17H16FNO2/c18-13-6-4-5-12(11-13)16(17-15(20)9-10-21-17)19-14-7-2-1-3-8-14/h1-8,11,16-17,19H,9-10H2/t16-,17-/m0/s1. The fourth-order valence-electron chi connectivity index (χ4n) is 2.55. The van der Waals surface area contributed by atoms with E-state index in [1.807, 2.05) is 30.3 Å². The van der Waals surface area contributed by atoms with Crippen LogP contribution in [0.5, 0.6) is 0 Å². The number of carbonyl (C=O) groups excluding carboxylic acids is 1. The Bertz CT molecular complexity index is 630. The van der Waals surface area contributed by atoms with Crippen LogP contribution in [-0.2, 0) is 9.53 Å². The summed E-state index contributed by atoms with van der Waals surface area (Å²) in [4.78, 5) is 12.0. The van der Waals surface area contributed by atoms with Crippen molar-refractivity contribution in [2.24, 2.45) is 0 Å². The molecule has 2 aromatic rings. The van der Waals surface area contributed by atoms with E-state index < -0.39 is 12.1 Å². The lowest BCUT2D eigenvalue weighted by molar-refractivity contribution is -0.122. The number of rotatable bonds is 4. The first-order valence-electron chi connectivity index (χ1n) is 6.95. The van der Waals surface area contributed by atoms with E-state index in [-0.39, 0.29) is 11.6 Å². The zero-order valence-corrected chi connectivity index (χ0v) is 11.5. The highest BCUT2D eigenvalue weighted by Crippen LogP contribution is 2.29. The SMILES string of the molecule is O=C1CCO[C@@H]1[C@@H](Nc1ccccc1)c1cccc(F)c1. The van der Waals surface area contributed by atoms with Gasteiger partial charge in [-0.3, -0.25) is 4.79 Å². The third kappa shape index (κ3) is 3.11. The third-order valence-electron chi connectivity index (χ3n) is 3.57. The smallest absolute Gasteiger partial charge is 0.166 e. The summed E-state index contributed by atoms with van der Waals surface area (Å²) >= 11 is 0. The number of ether oxygens (including phenoxy) is 1. The molecule has 1 N–H and O–H groups in total. The summed E-state index contributed by atoms with van der Waals surface area (Å²) in [5, 5.41) is 3.28. The maximum absolute atomic E-state index is 13.5. The van der Waals surface area contributed by atoms with Crippen molar-refractivity contribution >= 4 is 11.5 Å². The molecular formula is C17H16FNO2. The Balaban J connectivity index is 1.92. The van der Waals surface area contributed by atoms with Crippen LogP contribution < -0.4 is 5.32 Å². The van der Waals surface area contributed by atoms with Gasteiger partial charge in [0, 0.05) is 12.1 Å². The van der Waals surface area contributed by atoms with Gasteiger partial charge in [0.25, 0.3) is 0 Å². The number of Topliss-reactive ketones (excluding diaryl/α,β-unsaturated/α-hetero) is 1. The van der Waals surface area contributed by atoms with Crippen molar-refractivity contribution in [1.29, 1.82) is 0 Å². The van der Waals surface area contributed by atoms with Gasteiger partial charge in [0.2, 0.25) is 0 Å². The van der Waals surface area contributed by atoms with Crippen LogP contribution in [0.25, 0.3) is 0 Å². The number of carbonyl (C=O) groups is 1. The number of benzene rings is 2. The molecule has 0 aromatic heterocycles. The molecule has 1 aliphatic heterocycles. The predicted octanol–water partition coefficient (Wildman–Crippen LogP) is 3.34. The van der Waals surface area contributed by atoms with Crippen LogP contribution >= 0.6 is 0 Å². The summed E-state index contributed by atoms with van der Waals surface area (Å²) in [6.45, 7) is 0.422. The van der Waals surface area contributed by atoms with E-state index in [0.717, 1.165) is 5.69 Å². The van der Waals surface area contributed by atoms with Crippen LogP contribution in [0.3, 0.4) is 0 Å². The van der Waals surface area contributed by atoms with Crippen molar-refractivity contribution in [2.75, 3.05) is 11.9 Å². The molecule has 0 spiro atoms. The van der Waals surface area contributed by atoms with Gasteiger partial charge in [-0.2, -0.15) is 0 Å². The fourth-order valence-corrected chi connectivity index (χ4v) is 2.55. The Morgan fingerprint density at radius 2 is 1.95 bits per heavy atom. The first kappa shape index (κ1) is 13.8. The van der Waals surface area contributed by atoms with Crippen molar-refractivity contribution < 1.29 is 13.9 Å². The monoisotopic (exact) mass is 285 g/mol. The minimum Gasteiger partial charge on any atom is -0.375 e. The first-order chi connectivity index (χ1) is 10.2. The number of hydrogen-bond donors (Lipinski definition) is 1. The Labute approximate surface area is 122 Å². The lowest BCUT2D eigenvalue weighted by atomic mass is 9.98. The quantitative estimate of drug-likeness (QED) is 0.936. The fraction of sp³-hybridized carbons (Fsp3) is 0.235. The molecule has 0 saturated carbocycles. The summed E-state index contributed by atoms with van der Waals surface area (Å²) in [6.07, 6.45) is -0.167. The summed E-state index contributed by atoms with van der Waals surface area (Å²) < 4.78 is 19.1. The van der Waals surface area contributed by atoms with Crippen LogP contribution in [0.1, 0.15) is 18.0 Å². The largest absolute Gasteiger partial charge is 0.375 e. The Kier molecular flexibility index (Phi) is 3.97. The van der Waals surface area contributed by atoms with Gasteiger partial charge in [-0.15, -0.1) is 0 Å². The van der Waals surface area contributed by atoms with E-state index in [1.54, 1.807) is 12.1 Å². The predicted molar refractivity (Wildman–Crippen MR) is 78.6 cm³/mol. The number of hydrogen-bond acceptors (Lipinski definition) is 3. The van der Waals surface area contributed by atoms with Gasteiger partial charge in [0.15, 0.2) is 5.78 Å². The summed E-state index contributed by atoms with van der Waals surface area (Å²) in [5.74, 6) is -0.273. The summed E-state index contributed by atoms with van der Waals surface area (Å²) in [7, 11) is 0. The molecule has 108 valence electrons. The van der Waals surface area contributed by atoms with Crippen LogP contribution in [0.2, 0.25) is 0 Å². The molecule has 0 unspecified atom stereocenters. The second kappa shape index (κ2) is 6.06. The molecule has 3 rings (SSSR count). The van der Waals surface area contributed by atoms with E-state index in [2.05, 4.69) is 5.32 Å². The molecule has 1 aliphatic rings. The van der Waals surface area contributed by atoms with Gasteiger partial charge in [-0.05, 0) is 29.8 Å². The number of para-hydroxylation sites is 1. The van der Waals surface area contributed by atoms with E-state index in [4.69, 9.17) is 4.74 Å². The molecule has 21 heavy (non-hydrogen) atoms. The average molecular weight is 285 g/mol. The Morgan fingerprint density at radius 1 is 1.14 bits per heavy atom. The van der Waals surface area contributed by atoms with Crippen LogP contribution in [0.15, 0.2) is 54.6 Å². The van der Waals surface area contributed by atoms with Gasteiger partial charge in [-0.1, -0.05) is 30.3 Å². The molecule has 1 heterocycles. The highest BCUT2D eigenvalue weighted by molar-refractivity contribution is 5.86. The number of nitrogens with one attached hydrogen (secondary N) is 1. The molecule has 2 atom stereocenters. The number of anilines is 1. The highest BCUT2D eigenvalue weighted by atomic mass is 19.1. The molecule has 0 aliphatic carbocycles. The van der Waals surface area contributed by atoms with Crippen LogP contribution in [0.4, 0.5) is 10.1 Å². The molecule has 1 saturated heterocycles. The van der Waals surface area contributed by atoms with Gasteiger partial charge in [0.05, 0.1) is 12.6 Å². The lowest BCUT2D eigenvalue weighted by Gasteiger charge is -2.25. The molecule has 4 heteroatoms. The van der Waals surface area contributed by atoms with E-state index in [9.17, 15) is 9.18 Å². The van der Waals surface area contributed by atoms with Crippen molar-refractivity contribution in [3.05, 3.63) is 66.0 Å². The first-order valence-corrected chi connectivity index (χ1v) is 6.95. The zero-order valence-electron chi connectivity index (χ0n) is 11.5. The van der Waals surface area contributed by atoms with Gasteiger partial charge in [-0.25, -0.2) is 4.39 Å². The Hall–Kier alpha value is -2.20. The third-order valence-corrected chi connectivity index (χ3v) is 3.57. The molecule has 2 aromatic carbocycles. The second-order valence-electron chi connectivity index (χ2n) is 5.05. The van der Waals surface area contributed by atoms with E-state index >= 15 is 0 Å². The molecule has 1 fully saturated rings. The van der Waals surface area contributed by atoms with Crippen LogP contribution in [-0.4, -0.2) is 18.5 Å². The number of ketones is 1. The summed E-state index contributed by atoms with van der Waals surface area (Å²) in [6, 6.07) is 15.4. The maximum atomic E-state index is 13.5. The molecular weight excluding hydrogens is 269 g/mol. The van der Waals surface area contributed by atoms with Gasteiger partial charge >= 0.3 is 0 Å². The minimum atomic E-state index is -0.577. The lowest BCUT2D eigenvalue weighted by Crippen LogP contribution is -2.30. The van der Waals surface area contributed by atoms with Crippen molar-refractivity contribution in [3.63, 3.8) is 0 Å². The average Bonchev–Trinajstić information content (AvgIpc) is 2.92. The van der Waals surface area contributed by atoms with Crippen molar-refractivity contribution in [2.45, 2.75) is 18.6 Å². The molecule has 0 amide bonds. The zero-order chi connectivity index (χ0) is 14.7. The summed E-state index contributed by atoms with van der Waals surface area (Å²) in [5.41, 5.74) is 1.58. The van der Waals surface area contributed by atoms with Crippen molar-refractivity contribution in [3.8, 4) is 0 Å². The molecule has 0 bridgehead atoms. The Morgan fingerprint density at radius 3 is 2.62 bits per heavy atom. The normalized spacial score (nSPS) is 19.5. The number of halogens is 1. The van der Waals surface area contributed by atoms with Crippen LogP contribution in [0, 0.1) is 5.82 Å². The van der Waals surface area contributed by atoms with E-state index in [0.29, 0.717) is 18.6 Å². The highest BCUT2D eigenvalue weighted by Gasteiger charge is 2.34. The topological polar surface area (TPSA) is 38.3 Å².